The van der Waals surface area contributed by atoms with Gasteiger partial charge in [0.2, 0.25) is 0 Å². The number of nitrogens with zero attached hydrogens (tertiary/aromatic N) is 2. The van der Waals surface area contributed by atoms with E-state index in [0.29, 0.717) is 6.54 Å². The van der Waals surface area contributed by atoms with Crippen molar-refractivity contribution in [2.75, 3.05) is 36.0 Å². The lowest BCUT2D eigenvalue weighted by atomic mass is 10.2. The number of nitrogens with two attached hydrogens (primary N) is 1. The predicted octanol–water partition coefficient (Wildman–Crippen LogP) is 1.14. The third-order valence-electron chi connectivity index (χ3n) is 2.58. The maximum absolute atomic E-state index is 5.50. The van der Waals surface area contributed by atoms with Crippen LogP contribution in [-0.4, -0.2) is 36.1 Å². The summed E-state index contributed by atoms with van der Waals surface area (Å²) in [6, 6.07) is 4.25. The van der Waals surface area contributed by atoms with Gasteiger partial charge < -0.3 is 10.6 Å². The maximum Gasteiger partial charge on any atom is 0.128 e. The molecule has 4 heteroatoms. The van der Waals surface area contributed by atoms with Crippen molar-refractivity contribution in [1.29, 1.82) is 0 Å². The van der Waals surface area contributed by atoms with Crippen LogP contribution in [0.5, 0.6) is 0 Å². The second-order valence-corrected chi connectivity index (χ2v) is 4.89. The Labute approximate surface area is 95.1 Å². The first-order chi connectivity index (χ1) is 7.40. The Morgan fingerprint density at radius 3 is 2.73 bits per heavy atom. The van der Waals surface area contributed by atoms with Crippen LogP contribution in [0.3, 0.4) is 0 Å². The fraction of sp³-hybridized carbons (Fsp3) is 0.545. The SMILES string of the molecule is NCCc1ccc(N2CCSCC2)nc1. The van der Waals surface area contributed by atoms with Crippen LogP contribution in [-0.2, 0) is 6.42 Å². The molecule has 0 bridgehead atoms. The van der Waals surface area contributed by atoms with Gasteiger partial charge in [-0.3, -0.25) is 0 Å². The Morgan fingerprint density at radius 1 is 1.33 bits per heavy atom. The highest BCUT2D eigenvalue weighted by atomic mass is 32.2. The fourth-order valence-electron chi connectivity index (χ4n) is 1.71. The molecule has 1 fully saturated rings. The van der Waals surface area contributed by atoms with Crippen molar-refractivity contribution in [2.45, 2.75) is 6.42 Å². The zero-order valence-electron chi connectivity index (χ0n) is 8.85. The molecule has 2 heterocycles. The Morgan fingerprint density at radius 2 is 2.13 bits per heavy atom. The molecule has 0 saturated carbocycles. The van der Waals surface area contributed by atoms with E-state index in [0.717, 1.165) is 25.3 Å². The van der Waals surface area contributed by atoms with E-state index in [9.17, 15) is 0 Å². The Hall–Kier alpha value is -0.740. The van der Waals surface area contributed by atoms with Crippen LogP contribution in [0.1, 0.15) is 5.56 Å². The minimum absolute atomic E-state index is 0.696. The molecule has 1 aliphatic heterocycles. The summed E-state index contributed by atoms with van der Waals surface area (Å²) in [6.45, 7) is 2.93. The van der Waals surface area contributed by atoms with E-state index in [1.54, 1.807) is 0 Å². The molecule has 15 heavy (non-hydrogen) atoms. The van der Waals surface area contributed by atoms with E-state index < -0.39 is 0 Å². The van der Waals surface area contributed by atoms with E-state index in [1.807, 2.05) is 18.0 Å². The third-order valence-corrected chi connectivity index (χ3v) is 3.52. The van der Waals surface area contributed by atoms with Crippen LogP contribution in [0.4, 0.5) is 5.82 Å². The minimum atomic E-state index is 0.696. The molecule has 82 valence electrons. The van der Waals surface area contributed by atoms with E-state index >= 15 is 0 Å². The van der Waals surface area contributed by atoms with Gasteiger partial charge >= 0.3 is 0 Å². The molecule has 2 N–H and O–H groups in total. The Balaban J connectivity index is 2.02. The van der Waals surface area contributed by atoms with Crippen molar-refractivity contribution >= 4 is 17.6 Å². The van der Waals surface area contributed by atoms with Crippen LogP contribution in [0.25, 0.3) is 0 Å². The van der Waals surface area contributed by atoms with Gasteiger partial charge in [0.05, 0.1) is 0 Å². The van der Waals surface area contributed by atoms with Crippen molar-refractivity contribution in [2.24, 2.45) is 5.73 Å². The topological polar surface area (TPSA) is 42.1 Å². The second-order valence-electron chi connectivity index (χ2n) is 3.66. The van der Waals surface area contributed by atoms with Gasteiger partial charge in [-0.05, 0) is 24.6 Å². The highest BCUT2D eigenvalue weighted by Crippen LogP contribution is 2.17. The average molecular weight is 223 g/mol. The first-order valence-electron chi connectivity index (χ1n) is 5.38. The summed E-state index contributed by atoms with van der Waals surface area (Å²) >= 11 is 2.02. The summed E-state index contributed by atoms with van der Waals surface area (Å²) in [5, 5.41) is 0. The number of aromatic nitrogens is 1. The van der Waals surface area contributed by atoms with Gasteiger partial charge in [0, 0.05) is 30.8 Å². The molecule has 1 saturated heterocycles. The predicted molar refractivity (Wildman–Crippen MR) is 66.5 cm³/mol. The zero-order valence-corrected chi connectivity index (χ0v) is 9.67. The number of anilines is 1. The van der Waals surface area contributed by atoms with Crippen molar-refractivity contribution in [1.82, 2.24) is 4.98 Å². The summed E-state index contributed by atoms with van der Waals surface area (Å²) in [5.41, 5.74) is 6.73. The average Bonchev–Trinajstić information content (AvgIpc) is 2.32. The molecule has 0 aliphatic carbocycles. The molecule has 2 rings (SSSR count). The monoisotopic (exact) mass is 223 g/mol. The Kier molecular flexibility index (Phi) is 3.86. The molecule has 0 amide bonds. The summed E-state index contributed by atoms with van der Waals surface area (Å²) in [7, 11) is 0. The molecule has 1 aromatic heterocycles. The number of pyridine rings is 1. The lowest BCUT2D eigenvalue weighted by molar-refractivity contribution is 0.836. The summed E-state index contributed by atoms with van der Waals surface area (Å²) in [5.74, 6) is 3.54. The molecule has 0 unspecified atom stereocenters. The third kappa shape index (κ3) is 2.86. The van der Waals surface area contributed by atoms with E-state index in [1.165, 1.54) is 17.1 Å². The van der Waals surface area contributed by atoms with Crippen LogP contribution in [0.2, 0.25) is 0 Å². The van der Waals surface area contributed by atoms with E-state index in [2.05, 4.69) is 22.0 Å². The lowest BCUT2D eigenvalue weighted by Gasteiger charge is -2.27. The molecule has 0 atom stereocenters. The van der Waals surface area contributed by atoms with E-state index in [-0.39, 0.29) is 0 Å². The summed E-state index contributed by atoms with van der Waals surface area (Å²) in [4.78, 5) is 6.83. The lowest BCUT2D eigenvalue weighted by Crippen LogP contribution is -2.33. The number of thioether (sulfide) groups is 1. The van der Waals surface area contributed by atoms with Gasteiger partial charge in [-0.25, -0.2) is 4.98 Å². The van der Waals surface area contributed by atoms with Gasteiger partial charge in [-0.15, -0.1) is 0 Å². The van der Waals surface area contributed by atoms with Gasteiger partial charge in [-0.1, -0.05) is 6.07 Å². The molecular formula is C11H17N3S. The first-order valence-corrected chi connectivity index (χ1v) is 6.53. The highest BCUT2D eigenvalue weighted by Gasteiger charge is 2.11. The first kappa shape index (κ1) is 10.8. The number of rotatable bonds is 3. The van der Waals surface area contributed by atoms with Crippen LogP contribution in [0, 0.1) is 0 Å². The van der Waals surface area contributed by atoms with Gasteiger partial charge in [0.15, 0.2) is 0 Å². The highest BCUT2D eigenvalue weighted by molar-refractivity contribution is 7.99. The standard InChI is InChI=1S/C11H17N3S/c12-4-3-10-1-2-11(13-9-10)14-5-7-15-8-6-14/h1-2,9H,3-8,12H2. The van der Waals surface area contributed by atoms with Crippen LogP contribution in [0.15, 0.2) is 18.3 Å². The van der Waals surface area contributed by atoms with Gasteiger partial charge in [0.25, 0.3) is 0 Å². The quantitative estimate of drug-likeness (QED) is 0.834. The molecule has 1 aliphatic rings. The molecule has 0 spiro atoms. The molecule has 3 nitrogen and oxygen atoms in total. The van der Waals surface area contributed by atoms with Gasteiger partial charge in [0.1, 0.15) is 5.82 Å². The normalized spacial score (nSPS) is 16.7. The zero-order chi connectivity index (χ0) is 10.5. The Bertz CT molecular complexity index is 293. The van der Waals surface area contributed by atoms with Crippen molar-refractivity contribution in [3.05, 3.63) is 23.9 Å². The summed E-state index contributed by atoms with van der Waals surface area (Å²) in [6.07, 6.45) is 2.87. The number of hydrogen-bond donors (Lipinski definition) is 1. The van der Waals surface area contributed by atoms with Gasteiger partial charge in [-0.2, -0.15) is 11.8 Å². The second kappa shape index (κ2) is 5.37. The van der Waals surface area contributed by atoms with Crippen molar-refractivity contribution in [3.63, 3.8) is 0 Å². The molecule has 0 aromatic carbocycles. The van der Waals surface area contributed by atoms with Crippen molar-refractivity contribution < 1.29 is 0 Å². The minimum Gasteiger partial charge on any atom is -0.355 e. The smallest absolute Gasteiger partial charge is 0.128 e. The molecular weight excluding hydrogens is 206 g/mol. The molecule has 1 aromatic rings. The van der Waals surface area contributed by atoms with Crippen molar-refractivity contribution in [3.8, 4) is 0 Å². The fourth-order valence-corrected chi connectivity index (χ4v) is 2.61. The van der Waals surface area contributed by atoms with E-state index in [4.69, 9.17) is 5.73 Å². The largest absolute Gasteiger partial charge is 0.355 e. The van der Waals surface area contributed by atoms with Crippen LogP contribution < -0.4 is 10.6 Å². The maximum atomic E-state index is 5.50. The number of hydrogen-bond acceptors (Lipinski definition) is 4. The summed E-state index contributed by atoms with van der Waals surface area (Å²) < 4.78 is 0. The van der Waals surface area contributed by atoms with Crippen LogP contribution >= 0.6 is 11.8 Å². The molecule has 0 radical (unpaired) electrons.